The molecule has 1 aliphatic carbocycles. The van der Waals surface area contributed by atoms with E-state index < -0.39 is 6.10 Å². The molecule has 22 heavy (non-hydrogen) atoms. The van der Waals surface area contributed by atoms with Crippen LogP contribution in [0.2, 0.25) is 0 Å². The fourth-order valence-corrected chi connectivity index (χ4v) is 2.79. The normalized spacial score (nSPS) is 15.4. The van der Waals surface area contributed by atoms with Crippen molar-refractivity contribution in [1.82, 2.24) is 0 Å². The number of hydrogen-bond acceptors (Lipinski definition) is 2. The Kier molecular flexibility index (Phi) is 7.11. The zero-order chi connectivity index (χ0) is 15.6. The van der Waals surface area contributed by atoms with E-state index in [1.165, 1.54) is 11.1 Å². The van der Waals surface area contributed by atoms with E-state index in [0.717, 1.165) is 32.1 Å². The number of carbonyl (C=O) groups is 1. The Morgan fingerprint density at radius 3 is 2.68 bits per heavy atom. The molecule has 1 aromatic carbocycles. The van der Waals surface area contributed by atoms with Gasteiger partial charge in [-0.05, 0) is 44.1 Å². The molecule has 2 nitrogen and oxygen atoms in total. The predicted molar refractivity (Wildman–Crippen MR) is 90.7 cm³/mol. The summed E-state index contributed by atoms with van der Waals surface area (Å²) in [4.78, 5) is 11.9. The standard InChI is InChI=1S/C20H26O2/c21-19(13-7-12-17-8-3-1-4-9-17)16-20(22)15-14-18-10-5-2-6-11-18/h1,3-5,8-11,20,22H,2,6-7,12-16H2. The van der Waals surface area contributed by atoms with Gasteiger partial charge in [-0.3, -0.25) is 4.79 Å². The largest absolute Gasteiger partial charge is 0.393 e. The van der Waals surface area contributed by atoms with Crippen molar-refractivity contribution in [2.24, 2.45) is 0 Å². The van der Waals surface area contributed by atoms with Crippen LogP contribution >= 0.6 is 0 Å². The first kappa shape index (κ1) is 16.7. The summed E-state index contributed by atoms with van der Waals surface area (Å²) in [5.74, 6) is 0.177. The van der Waals surface area contributed by atoms with Crippen molar-refractivity contribution < 1.29 is 9.90 Å². The summed E-state index contributed by atoms with van der Waals surface area (Å²) in [6.07, 6.45) is 12.5. The van der Waals surface area contributed by atoms with E-state index in [-0.39, 0.29) is 5.78 Å². The lowest BCUT2D eigenvalue weighted by atomic mass is 9.98. The van der Waals surface area contributed by atoms with Crippen LogP contribution in [-0.4, -0.2) is 17.0 Å². The minimum atomic E-state index is -0.500. The first-order chi connectivity index (χ1) is 10.7. The van der Waals surface area contributed by atoms with E-state index in [1.54, 1.807) is 0 Å². The molecule has 2 rings (SSSR count). The molecule has 0 amide bonds. The van der Waals surface area contributed by atoms with Gasteiger partial charge in [0.25, 0.3) is 0 Å². The summed E-state index contributed by atoms with van der Waals surface area (Å²) in [5, 5.41) is 9.99. The molecule has 0 saturated carbocycles. The second-order valence-electron chi connectivity index (χ2n) is 6.03. The molecule has 1 aromatic rings. The van der Waals surface area contributed by atoms with Gasteiger partial charge in [0, 0.05) is 12.8 Å². The molecule has 0 spiro atoms. The van der Waals surface area contributed by atoms with Crippen molar-refractivity contribution >= 4 is 5.78 Å². The average Bonchev–Trinajstić information content (AvgIpc) is 2.55. The van der Waals surface area contributed by atoms with Gasteiger partial charge in [0.15, 0.2) is 0 Å². The van der Waals surface area contributed by atoms with Crippen LogP contribution in [0.25, 0.3) is 0 Å². The highest BCUT2D eigenvalue weighted by Gasteiger charge is 2.11. The van der Waals surface area contributed by atoms with Gasteiger partial charge in [-0.2, -0.15) is 0 Å². The number of hydrogen-bond donors (Lipinski definition) is 1. The average molecular weight is 298 g/mol. The molecule has 0 aromatic heterocycles. The molecular weight excluding hydrogens is 272 g/mol. The predicted octanol–water partition coefficient (Wildman–Crippen LogP) is 4.39. The first-order valence-electron chi connectivity index (χ1n) is 8.33. The van der Waals surface area contributed by atoms with E-state index >= 15 is 0 Å². The van der Waals surface area contributed by atoms with Crippen molar-refractivity contribution in [2.45, 2.75) is 57.5 Å². The molecule has 0 aliphatic heterocycles. The fourth-order valence-electron chi connectivity index (χ4n) is 2.79. The van der Waals surface area contributed by atoms with Gasteiger partial charge in [0.05, 0.1) is 6.10 Å². The van der Waals surface area contributed by atoms with Crippen LogP contribution in [0.1, 0.15) is 50.5 Å². The van der Waals surface area contributed by atoms with Crippen LogP contribution in [0.4, 0.5) is 0 Å². The number of aliphatic hydroxyl groups excluding tert-OH is 1. The quantitative estimate of drug-likeness (QED) is 0.734. The number of Topliss-reactive ketones (excluding diaryl/α,β-unsaturated/α-hetero) is 1. The molecule has 0 radical (unpaired) electrons. The van der Waals surface area contributed by atoms with E-state index in [2.05, 4.69) is 30.4 Å². The Balaban J connectivity index is 1.59. The Hall–Kier alpha value is -1.67. The molecule has 1 N–H and O–H groups in total. The third-order valence-electron chi connectivity index (χ3n) is 4.07. The lowest BCUT2D eigenvalue weighted by molar-refractivity contribution is -0.121. The first-order valence-corrected chi connectivity index (χ1v) is 8.33. The number of aryl methyl sites for hydroxylation is 1. The van der Waals surface area contributed by atoms with Crippen LogP contribution in [-0.2, 0) is 11.2 Å². The minimum absolute atomic E-state index is 0.177. The van der Waals surface area contributed by atoms with E-state index in [9.17, 15) is 9.90 Å². The van der Waals surface area contributed by atoms with Gasteiger partial charge in [-0.25, -0.2) is 0 Å². The number of aliphatic hydroxyl groups is 1. The molecule has 0 bridgehead atoms. The van der Waals surface area contributed by atoms with Crippen molar-refractivity contribution in [2.75, 3.05) is 0 Å². The Morgan fingerprint density at radius 1 is 1.14 bits per heavy atom. The van der Waals surface area contributed by atoms with Crippen molar-refractivity contribution in [3.05, 3.63) is 59.7 Å². The van der Waals surface area contributed by atoms with Crippen LogP contribution in [0.5, 0.6) is 0 Å². The highest BCUT2D eigenvalue weighted by atomic mass is 16.3. The summed E-state index contributed by atoms with van der Waals surface area (Å²) in [6, 6.07) is 10.2. The monoisotopic (exact) mass is 298 g/mol. The highest BCUT2D eigenvalue weighted by molar-refractivity contribution is 5.78. The maximum atomic E-state index is 11.9. The Bertz CT molecular complexity index is 514. The summed E-state index contributed by atoms with van der Waals surface area (Å²) in [5.41, 5.74) is 2.56. The second-order valence-corrected chi connectivity index (χ2v) is 6.03. The highest BCUT2D eigenvalue weighted by Crippen LogP contribution is 2.17. The summed E-state index contributed by atoms with van der Waals surface area (Å²) in [6.45, 7) is 0. The summed E-state index contributed by atoms with van der Waals surface area (Å²) >= 11 is 0. The summed E-state index contributed by atoms with van der Waals surface area (Å²) < 4.78 is 0. The van der Waals surface area contributed by atoms with Gasteiger partial charge < -0.3 is 5.11 Å². The Labute approximate surface area is 133 Å². The lowest BCUT2D eigenvalue weighted by Gasteiger charge is -2.11. The smallest absolute Gasteiger partial charge is 0.135 e. The van der Waals surface area contributed by atoms with Crippen LogP contribution in [0.3, 0.4) is 0 Å². The van der Waals surface area contributed by atoms with Gasteiger partial charge >= 0.3 is 0 Å². The van der Waals surface area contributed by atoms with Crippen LogP contribution in [0.15, 0.2) is 54.1 Å². The van der Waals surface area contributed by atoms with Crippen molar-refractivity contribution in [3.8, 4) is 0 Å². The van der Waals surface area contributed by atoms with Crippen LogP contribution < -0.4 is 0 Å². The van der Waals surface area contributed by atoms with E-state index in [1.807, 2.05) is 18.2 Å². The molecule has 2 heteroatoms. The summed E-state index contributed by atoms with van der Waals surface area (Å²) in [7, 11) is 0. The van der Waals surface area contributed by atoms with Gasteiger partial charge in [0.2, 0.25) is 0 Å². The number of rotatable bonds is 9. The van der Waals surface area contributed by atoms with Crippen LogP contribution in [0, 0.1) is 0 Å². The second kappa shape index (κ2) is 9.37. The molecule has 118 valence electrons. The third-order valence-corrected chi connectivity index (χ3v) is 4.07. The van der Waals surface area contributed by atoms with E-state index in [0.29, 0.717) is 19.3 Å². The number of benzene rings is 1. The number of ketones is 1. The zero-order valence-corrected chi connectivity index (χ0v) is 13.2. The van der Waals surface area contributed by atoms with Gasteiger partial charge in [-0.1, -0.05) is 54.1 Å². The van der Waals surface area contributed by atoms with Gasteiger partial charge in [-0.15, -0.1) is 0 Å². The molecule has 0 fully saturated rings. The Morgan fingerprint density at radius 2 is 1.95 bits per heavy atom. The maximum absolute atomic E-state index is 11.9. The third kappa shape index (κ3) is 6.40. The maximum Gasteiger partial charge on any atom is 0.135 e. The minimum Gasteiger partial charge on any atom is -0.393 e. The van der Waals surface area contributed by atoms with Crippen molar-refractivity contribution in [1.29, 1.82) is 0 Å². The molecule has 1 atom stereocenters. The fraction of sp³-hybridized carbons (Fsp3) is 0.450. The molecule has 0 heterocycles. The number of carbonyl (C=O) groups excluding carboxylic acids is 1. The number of allylic oxidation sites excluding steroid dienone is 4. The lowest BCUT2D eigenvalue weighted by Crippen LogP contribution is -2.13. The molecule has 0 saturated heterocycles. The molecule has 1 aliphatic rings. The zero-order valence-electron chi connectivity index (χ0n) is 13.2. The van der Waals surface area contributed by atoms with Gasteiger partial charge in [0.1, 0.15) is 5.78 Å². The van der Waals surface area contributed by atoms with E-state index in [4.69, 9.17) is 0 Å². The SMILES string of the molecule is O=C(CCCc1ccccc1)CC(O)CCC1=CCCC=C1. The topological polar surface area (TPSA) is 37.3 Å². The molecule has 1 unspecified atom stereocenters. The van der Waals surface area contributed by atoms with Crippen molar-refractivity contribution in [3.63, 3.8) is 0 Å². The molecular formula is C20H26O2.